The molecule has 3 atom stereocenters. The maximum atomic E-state index is 12.8. The summed E-state index contributed by atoms with van der Waals surface area (Å²) in [5, 5.41) is 4.62. The van der Waals surface area contributed by atoms with Crippen molar-refractivity contribution in [3.63, 3.8) is 0 Å². The van der Waals surface area contributed by atoms with Gasteiger partial charge in [0.15, 0.2) is 0 Å². The lowest BCUT2D eigenvalue weighted by Crippen LogP contribution is -2.37. The van der Waals surface area contributed by atoms with E-state index >= 15 is 0 Å². The number of fused-ring (bicyclic) bond motifs is 2. The molecule has 0 aliphatic carbocycles. The minimum atomic E-state index is 0.216. The van der Waals surface area contributed by atoms with Crippen molar-refractivity contribution in [3.05, 3.63) is 35.2 Å². The van der Waals surface area contributed by atoms with E-state index in [1.807, 2.05) is 18.2 Å². The highest BCUT2D eigenvalue weighted by Gasteiger charge is 2.44. The van der Waals surface area contributed by atoms with E-state index in [0.29, 0.717) is 17.9 Å². The predicted octanol–water partition coefficient (Wildman–Crippen LogP) is 2.58. The summed E-state index contributed by atoms with van der Waals surface area (Å²) in [6, 6.07) is 10.6. The molecule has 1 aromatic carbocycles. The molecule has 4 heteroatoms. The molecule has 4 rings (SSSR count). The van der Waals surface area contributed by atoms with E-state index in [9.17, 15) is 4.79 Å². The van der Waals surface area contributed by atoms with Gasteiger partial charge in [-0.05, 0) is 36.3 Å². The van der Waals surface area contributed by atoms with Crippen LogP contribution in [0.1, 0.15) is 16.6 Å². The quantitative estimate of drug-likeness (QED) is 0.874. The third kappa shape index (κ3) is 1.79. The first-order valence-electron chi connectivity index (χ1n) is 7.24. The highest BCUT2D eigenvalue weighted by atomic mass is 32.1. The summed E-state index contributed by atoms with van der Waals surface area (Å²) in [5.41, 5.74) is 0. The smallest absolute Gasteiger partial charge is 0.264 e. The second-order valence-corrected chi connectivity index (χ2v) is 7.01. The van der Waals surface area contributed by atoms with Gasteiger partial charge in [-0.15, -0.1) is 11.3 Å². The van der Waals surface area contributed by atoms with Crippen molar-refractivity contribution < 1.29 is 4.79 Å². The molecule has 3 unspecified atom stereocenters. The summed E-state index contributed by atoms with van der Waals surface area (Å²) >= 11 is 1.62. The highest BCUT2D eigenvalue weighted by Crippen LogP contribution is 2.35. The van der Waals surface area contributed by atoms with Crippen molar-refractivity contribution >= 4 is 27.3 Å². The van der Waals surface area contributed by atoms with Crippen LogP contribution >= 0.6 is 11.3 Å². The number of rotatable bonds is 1. The average Bonchev–Trinajstić information content (AvgIpc) is 3.13. The van der Waals surface area contributed by atoms with Gasteiger partial charge in [0.25, 0.3) is 5.91 Å². The molecule has 2 aliphatic heterocycles. The Morgan fingerprint density at radius 3 is 3.00 bits per heavy atom. The van der Waals surface area contributed by atoms with Gasteiger partial charge < -0.3 is 10.2 Å². The standard InChI is InChI=1S/C16H18N2OS/c1-10-13-8-17-7-12(13)9-18(10)16(19)15-6-11-4-2-3-5-14(11)20-15/h2-6,10,12-13,17H,7-9H2,1H3. The molecule has 104 valence electrons. The fraction of sp³-hybridized carbons (Fsp3) is 0.438. The van der Waals surface area contributed by atoms with Crippen LogP contribution in [-0.2, 0) is 0 Å². The molecule has 1 amide bonds. The lowest BCUT2D eigenvalue weighted by molar-refractivity contribution is 0.0733. The van der Waals surface area contributed by atoms with Crippen molar-refractivity contribution in [1.29, 1.82) is 0 Å². The highest BCUT2D eigenvalue weighted by molar-refractivity contribution is 7.20. The van der Waals surface area contributed by atoms with E-state index in [1.54, 1.807) is 11.3 Å². The molecule has 0 bridgehead atoms. The average molecular weight is 286 g/mol. The van der Waals surface area contributed by atoms with E-state index < -0.39 is 0 Å². The Morgan fingerprint density at radius 2 is 2.20 bits per heavy atom. The van der Waals surface area contributed by atoms with Gasteiger partial charge in [0.1, 0.15) is 0 Å². The van der Waals surface area contributed by atoms with Gasteiger partial charge in [-0.1, -0.05) is 18.2 Å². The largest absolute Gasteiger partial charge is 0.335 e. The van der Waals surface area contributed by atoms with Gasteiger partial charge in [-0.25, -0.2) is 0 Å². The number of carbonyl (C=O) groups excluding carboxylic acids is 1. The number of nitrogens with one attached hydrogen (secondary N) is 1. The molecular weight excluding hydrogens is 268 g/mol. The molecule has 1 aromatic heterocycles. The summed E-state index contributed by atoms with van der Waals surface area (Å²) in [4.78, 5) is 15.7. The molecule has 0 saturated carbocycles. The molecule has 0 radical (unpaired) electrons. The summed E-state index contributed by atoms with van der Waals surface area (Å²) in [6.07, 6.45) is 0. The minimum Gasteiger partial charge on any atom is -0.335 e. The van der Waals surface area contributed by atoms with E-state index in [4.69, 9.17) is 0 Å². The maximum Gasteiger partial charge on any atom is 0.264 e. The Bertz CT molecular complexity index is 632. The lowest BCUT2D eigenvalue weighted by Gasteiger charge is -2.23. The fourth-order valence-electron chi connectivity index (χ4n) is 3.66. The van der Waals surface area contributed by atoms with Gasteiger partial charge in [0.2, 0.25) is 0 Å². The van der Waals surface area contributed by atoms with E-state index in [2.05, 4.69) is 29.3 Å². The minimum absolute atomic E-state index is 0.216. The van der Waals surface area contributed by atoms with Gasteiger partial charge in [-0.3, -0.25) is 4.79 Å². The third-order valence-corrected chi connectivity index (χ3v) is 5.94. The fourth-order valence-corrected chi connectivity index (χ4v) is 4.68. The first kappa shape index (κ1) is 12.4. The van der Waals surface area contributed by atoms with Crippen molar-refractivity contribution in [3.8, 4) is 0 Å². The maximum absolute atomic E-state index is 12.8. The number of amides is 1. The Labute approximate surface area is 122 Å². The number of nitrogens with zero attached hydrogens (tertiary/aromatic N) is 1. The molecule has 0 spiro atoms. The van der Waals surface area contributed by atoms with Crippen LogP contribution in [0.15, 0.2) is 30.3 Å². The monoisotopic (exact) mass is 286 g/mol. The van der Waals surface area contributed by atoms with Crippen molar-refractivity contribution in [2.24, 2.45) is 11.8 Å². The van der Waals surface area contributed by atoms with Gasteiger partial charge in [0.05, 0.1) is 4.88 Å². The molecule has 3 nitrogen and oxygen atoms in total. The second-order valence-electron chi connectivity index (χ2n) is 5.93. The van der Waals surface area contributed by atoms with Crippen LogP contribution in [0.4, 0.5) is 0 Å². The first-order valence-corrected chi connectivity index (χ1v) is 8.06. The summed E-state index contributed by atoms with van der Waals surface area (Å²) in [7, 11) is 0. The topological polar surface area (TPSA) is 32.3 Å². The predicted molar refractivity (Wildman–Crippen MR) is 82.2 cm³/mol. The van der Waals surface area contributed by atoms with Crippen LogP contribution in [0.2, 0.25) is 0 Å². The number of thiophene rings is 1. The number of hydrogen-bond donors (Lipinski definition) is 1. The van der Waals surface area contributed by atoms with Gasteiger partial charge >= 0.3 is 0 Å². The van der Waals surface area contributed by atoms with Crippen molar-refractivity contribution in [1.82, 2.24) is 10.2 Å². The molecule has 1 N–H and O–H groups in total. The summed E-state index contributed by atoms with van der Waals surface area (Å²) in [6.45, 7) is 5.22. The second kappa shape index (κ2) is 4.57. The molecule has 3 heterocycles. The first-order chi connectivity index (χ1) is 9.74. The summed E-state index contributed by atoms with van der Waals surface area (Å²) < 4.78 is 1.20. The van der Waals surface area contributed by atoms with Crippen molar-refractivity contribution in [2.45, 2.75) is 13.0 Å². The molecule has 20 heavy (non-hydrogen) atoms. The molecule has 2 fully saturated rings. The van der Waals surface area contributed by atoms with Crippen LogP contribution in [0, 0.1) is 11.8 Å². The lowest BCUT2D eigenvalue weighted by atomic mass is 9.95. The normalized spacial score (nSPS) is 29.1. The Balaban J connectivity index is 1.64. The number of benzene rings is 1. The van der Waals surface area contributed by atoms with Gasteiger partial charge in [-0.2, -0.15) is 0 Å². The molecule has 2 saturated heterocycles. The van der Waals surface area contributed by atoms with Gasteiger partial charge in [0, 0.05) is 30.4 Å². The zero-order valence-corrected chi connectivity index (χ0v) is 12.3. The molecule has 2 aromatic rings. The number of carbonyl (C=O) groups is 1. The number of likely N-dealkylation sites (tertiary alicyclic amines) is 1. The van der Waals surface area contributed by atoms with Crippen molar-refractivity contribution in [2.75, 3.05) is 19.6 Å². The zero-order chi connectivity index (χ0) is 13.7. The van der Waals surface area contributed by atoms with Crippen LogP contribution in [-0.4, -0.2) is 36.5 Å². The zero-order valence-electron chi connectivity index (χ0n) is 11.5. The van der Waals surface area contributed by atoms with E-state index in [0.717, 1.165) is 24.5 Å². The van der Waals surface area contributed by atoms with Crippen LogP contribution in [0.5, 0.6) is 0 Å². The third-order valence-electron chi connectivity index (χ3n) is 4.83. The molecular formula is C16H18N2OS. The molecule has 2 aliphatic rings. The van der Waals surface area contributed by atoms with Crippen LogP contribution in [0.3, 0.4) is 0 Å². The summed E-state index contributed by atoms with van der Waals surface area (Å²) in [5.74, 6) is 1.49. The van der Waals surface area contributed by atoms with Crippen LogP contribution < -0.4 is 5.32 Å². The number of hydrogen-bond acceptors (Lipinski definition) is 3. The Kier molecular flexibility index (Phi) is 2.82. The Morgan fingerprint density at radius 1 is 1.35 bits per heavy atom. The Hall–Kier alpha value is -1.39. The van der Waals surface area contributed by atoms with E-state index in [1.165, 1.54) is 10.1 Å². The SMILES string of the molecule is CC1C2CNCC2CN1C(=O)c1cc2ccccc2s1. The van der Waals surface area contributed by atoms with Crippen LogP contribution in [0.25, 0.3) is 10.1 Å². The van der Waals surface area contributed by atoms with E-state index in [-0.39, 0.29) is 5.91 Å².